The number of benzene rings is 2. The molecule has 8 heteroatoms. The molecule has 2 aromatic carbocycles. The SMILES string of the molecule is CCNCc1ccccc1NC(=O)CCNS(=O)(=O)c1ccc(F)cc1. The molecule has 0 unspecified atom stereocenters. The lowest BCUT2D eigenvalue weighted by Crippen LogP contribution is -2.28. The van der Waals surface area contributed by atoms with Crippen LogP contribution in [0.3, 0.4) is 0 Å². The number of carbonyl (C=O) groups excluding carboxylic acids is 1. The van der Waals surface area contributed by atoms with Crippen molar-refractivity contribution in [3.8, 4) is 0 Å². The highest BCUT2D eigenvalue weighted by Gasteiger charge is 2.14. The second-order valence-electron chi connectivity index (χ2n) is 5.59. The van der Waals surface area contributed by atoms with Gasteiger partial charge in [0.05, 0.1) is 4.90 Å². The lowest BCUT2D eigenvalue weighted by molar-refractivity contribution is -0.116. The van der Waals surface area contributed by atoms with Crippen molar-refractivity contribution in [2.45, 2.75) is 24.8 Å². The number of para-hydroxylation sites is 1. The minimum Gasteiger partial charge on any atom is -0.326 e. The number of anilines is 1. The number of carbonyl (C=O) groups is 1. The van der Waals surface area contributed by atoms with Crippen LogP contribution in [0.4, 0.5) is 10.1 Å². The number of hydrogen-bond acceptors (Lipinski definition) is 4. The average Bonchev–Trinajstić information content (AvgIpc) is 2.61. The van der Waals surface area contributed by atoms with Crippen molar-refractivity contribution in [2.24, 2.45) is 0 Å². The fourth-order valence-electron chi connectivity index (χ4n) is 2.26. The molecule has 0 bridgehead atoms. The van der Waals surface area contributed by atoms with Crippen molar-refractivity contribution in [2.75, 3.05) is 18.4 Å². The molecule has 3 N–H and O–H groups in total. The third kappa shape index (κ3) is 5.91. The summed E-state index contributed by atoms with van der Waals surface area (Å²) in [5.41, 5.74) is 1.65. The van der Waals surface area contributed by atoms with E-state index in [1.807, 2.05) is 25.1 Å². The van der Waals surface area contributed by atoms with Crippen LogP contribution in [0.25, 0.3) is 0 Å². The third-order valence-electron chi connectivity index (χ3n) is 3.62. The monoisotopic (exact) mass is 379 g/mol. The van der Waals surface area contributed by atoms with E-state index in [4.69, 9.17) is 0 Å². The first-order valence-electron chi connectivity index (χ1n) is 8.26. The molecule has 6 nitrogen and oxygen atoms in total. The Bertz CT molecular complexity index is 839. The fraction of sp³-hybridized carbons (Fsp3) is 0.278. The molecule has 0 fully saturated rings. The van der Waals surface area contributed by atoms with E-state index in [-0.39, 0.29) is 23.8 Å². The lowest BCUT2D eigenvalue weighted by Gasteiger charge is -2.12. The standard InChI is InChI=1S/C18H22FN3O3S/c1-2-20-13-14-5-3-4-6-17(14)22-18(23)11-12-21-26(24,25)16-9-7-15(19)8-10-16/h3-10,20-21H,2,11-13H2,1H3,(H,22,23). The van der Waals surface area contributed by atoms with Gasteiger partial charge in [0.1, 0.15) is 5.82 Å². The number of halogens is 1. The van der Waals surface area contributed by atoms with Crippen LogP contribution >= 0.6 is 0 Å². The second kappa shape index (κ2) is 9.42. The maximum absolute atomic E-state index is 12.9. The summed E-state index contributed by atoms with van der Waals surface area (Å²) in [5.74, 6) is -0.810. The second-order valence-corrected chi connectivity index (χ2v) is 7.35. The van der Waals surface area contributed by atoms with E-state index in [2.05, 4.69) is 15.4 Å². The molecule has 1 amide bonds. The first-order valence-corrected chi connectivity index (χ1v) is 9.74. The van der Waals surface area contributed by atoms with Gasteiger partial charge in [-0.3, -0.25) is 4.79 Å². The Balaban J connectivity index is 1.88. The van der Waals surface area contributed by atoms with Crippen LogP contribution in [0, 0.1) is 5.82 Å². The molecule has 26 heavy (non-hydrogen) atoms. The molecular formula is C18H22FN3O3S. The van der Waals surface area contributed by atoms with Gasteiger partial charge in [-0.05, 0) is 42.4 Å². The molecule has 0 aliphatic heterocycles. The molecule has 0 aliphatic rings. The maximum atomic E-state index is 12.9. The zero-order valence-electron chi connectivity index (χ0n) is 14.5. The summed E-state index contributed by atoms with van der Waals surface area (Å²) in [6, 6.07) is 11.9. The van der Waals surface area contributed by atoms with Crippen molar-refractivity contribution >= 4 is 21.6 Å². The Morgan fingerprint density at radius 2 is 1.77 bits per heavy atom. The summed E-state index contributed by atoms with van der Waals surface area (Å²) >= 11 is 0. The Kier molecular flexibility index (Phi) is 7.26. The van der Waals surface area contributed by atoms with Gasteiger partial charge in [-0.1, -0.05) is 25.1 Å². The number of rotatable bonds is 9. The molecule has 0 saturated heterocycles. The topological polar surface area (TPSA) is 87.3 Å². The van der Waals surface area contributed by atoms with E-state index < -0.39 is 15.8 Å². The Morgan fingerprint density at radius 1 is 1.08 bits per heavy atom. The van der Waals surface area contributed by atoms with Crippen LogP contribution in [-0.4, -0.2) is 27.4 Å². The first kappa shape index (κ1) is 20.0. The first-order chi connectivity index (χ1) is 12.4. The molecule has 0 heterocycles. The summed E-state index contributed by atoms with van der Waals surface area (Å²) < 4.78 is 39.4. The molecule has 2 rings (SSSR count). The van der Waals surface area contributed by atoms with Crippen LogP contribution in [0.1, 0.15) is 18.9 Å². The van der Waals surface area contributed by atoms with Crippen LogP contribution in [0.2, 0.25) is 0 Å². The van der Waals surface area contributed by atoms with E-state index in [0.29, 0.717) is 12.2 Å². The smallest absolute Gasteiger partial charge is 0.240 e. The summed E-state index contributed by atoms with van der Waals surface area (Å²) in [4.78, 5) is 12.0. The molecule has 2 aromatic rings. The minimum atomic E-state index is -3.77. The van der Waals surface area contributed by atoms with Crippen molar-refractivity contribution in [3.05, 3.63) is 59.9 Å². The van der Waals surface area contributed by atoms with Gasteiger partial charge in [0.25, 0.3) is 0 Å². The molecule has 0 spiro atoms. The van der Waals surface area contributed by atoms with Gasteiger partial charge in [0.2, 0.25) is 15.9 Å². The highest BCUT2D eigenvalue weighted by atomic mass is 32.2. The molecule has 140 valence electrons. The van der Waals surface area contributed by atoms with Crippen molar-refractivity contribution in [1.29, 1.82) is 0 Å². The Morgan fingerprint density at radius 3 is 2.46 bits per heavy atom. The van der Waals surface area contributed by atoms with Crippen LogP contribution in [0.15, 0.2) is 53.4 Å². The van der Waals surface area contributed by atoms with E-state index in [1.165, 1.54) is 12.1 Å². The number of amides is 1. The normalized spacial score (nSPS) is 11.3. The zero-order chi connectivity index (χ0) is 19.0. The van der Waals surface area contributed by atoms with Gasteiger partial charge >= 0.3 is 0 Å². The van der Waals surface area contributed by atoms with Gasteiger partial charge in [-0.15, -0.1) is 0 Å². The van der Waals surface area contributed by atoms with Crippen LogP contribution < -0.4 is 15.4 Å². The van der Waals surface area contributed by atoms with E-state index in [1.54, 1.807) is 6.07 Å². The Labute approximate surface area is 152 Å². The fourth-order valence-corrected chi connectivity index (χ4v) is 3.30. The minimum absolute atomic E-state index is 0.0179. The molecule has 0 radical (unpaired) electrons. The van der Waals surface area contributed by atoms with Crippen molar-refractivity contribution < 1.29 is 17.6 Å². The predicted octanol–water partition coefficient (Wildman–Crippen LogP) is 2.24. The maximum Gasteiger partial charge on any atom is 0.240 e. The predicted molar refractivity (Wildman–Crippen MR) is 98.7 cm³/mol. The highest BCUT2D eigenvalue weighted by Crippen LogP contribution is 2.15. The van der Waals surface area contributed by atoms with Gasteiger partial charge in [0, 0.05) is 25.2 Å². The van der Waals surface area contributed by atoms with Crippen molar-refractivity contribution in [3.63, 3.8) is 0 Å². The highest BCUT2D eigenvalue weighted by molar-refractivity contribution is 7.89. The van der Waals surface area contributed by atoms with Gasteiger partial charge in [-0.25, -0.2) is 17.5 Å². The van der Waals surface area contributed by atoms with Gasteiger partial charge < -0.3 is 10.6 Å². The number of sulfonamides is 1. The summed E-state index contributed by atoms with van der Waals surface area (Å²) in [5, 5.41) is 5.98. The van der Waals surface area contributed by atoms with Crippen LogP contribution in [0.5, 0.6) is 0 Å². The molecule has 0 saturated carbocycles. The number of nitrogens with one attached hydrogen (secondary N) is 3. The Hall–Kier alpha value is -2.29. The molecule has 0 aromatic heterocycles. The van der Waals surface area contributed by atoms with E-state index in [0.717, 1.165) is 24.2 Å². The quantitative estimate of drug-likeness (QED) is 0.624. The van der Waals surface area contributed by atoms with Gasteiger partial charge in [0.15, 0.2) is 0 Å². The van der Waals surface area contributed by atoms with E-state index >= 15 is 0 Å². The largest absolute Gasteiger partial charge is 0.326 e. The summed E-state index contributed by atoms with van der Waals surface area (Å²) in [6.07, 6.45) is -0.0179. The van der Waals surface area contributed by atoms with Crippen LogP contribution in [-0.2, 0) is 21.4 Å². The molecular weight excluding hydrogens is 357 g/mol. The average molecular weight is 379 g/mol. The summed E-state index contributed by atoms with van der Waals surface area (Å²) in [6.45, 7) is 3.38. The van der Waals surface area contributed by atoms with E-state index in [9.17, 15) is 17.6 Å². The molecule has 0 aliphatic carbocycles. The lowest BCUT2D eigenvalue weighted by atomic mass is 10.1. The van der Waals surface area contributed by atoms with Gasteiger partial charge in [-0.2, -0.15) is 0 Å². The molecule has 0 atom stereocenters. The summed E-state index contributed by atoms with van der Waals surface area (Å²) in [7, 11) is -3.77. The number of hydrogen-bond donors (Lipinski definition) is 3. The van der Waals surface area contributed by atoms with Crippen molar-refractivity contribution in [1.82, 2.24) is 10.0 Å². The third-order valence-corrected chi connectivity index (χ3v) is 5.10. The zero-order valence-corrected chi connectivity index (χ0v) is 15.3.